The van der Waals surface area contributed by atoms with Gasteiger partial charge in [-0.2, -0.15) is 0 Å². The minimum Gasteiger partial charge on any atom is -0.490 e. The summed E-state index contributed by atoms with van der Waals surface area (Å²) in [5, 5.41) is 9.16. The average Bonchev–Trinajstić information content (AvgIpc) is 2.57. The molecule has 2 heterocycles. The molecule has 0 saturated carbocycles. The Morgan fingerprint density at radius 2 is 1.91 bits per heavy atom. The van der Waals surface area contributed by atoms with Crippen LogP contribution >= 0.6 is 0 Å². The van der Waals surface area contributed by atoms with Crippen molar-refractivity contribution in [3.63, 3.8) is 0 Å². The van der Waals surface area contributed by atoms with Crippen molar-refractivity contribution in [3.05, 3.63) is 54.1 Å². The van der Waals surface area contributed by atoms with Gasteiger partial charge >= 0.3 is 0 Å². The highest BCUT2D eigenvalue weighted by molar-refractivity contribution is 5.50. The Labute approximate surface area is 129 Å². The first kappa shape index (κ1) is 14.8. The van der Waals surface area contributed by atoms with Crippen LogP contribution in [0.1, 0.15) is 18.4 Å². The first-order valence-corrected chi connectivity index (χ1v) is 7.48. The van der Waals surface area contributed by atoms with Crippen LogP contribution < -0.4 is 9.64 Å². The van der Waals surface area contributed by atoms with Crippen LogP contribution in [0.5, 0.6) is 5.75 Å². The SMILES string of the molecule is OCc1cccc(N2CCC(Oc3ccncc3)CC2)c1F. The van der Waals surface area contributed by atoms with Crippen LogP contribution in [0.4, 0.5) is 10.1 Å². The van der Waals surface area contributed by atoms with Gasteiger partial charge in [0, 0.05) is 43.9 Å². The van der Waals surface area contributed by atoms with Gasteiger partial charge in [0.2, 0.25) is 0 Å². The molecule has 0 aliphatic carbocycles. The van der Waals surface area contributed by atoms with E-state index in [0.717, 1.165) is 31.7 Å². The monoisotopic (exact) mass is 302 g/mol. The number of benzene rings is 1. The minimum atomic E-state index is -0.321. The average molecular weight is 302 g/mol. The number of ether oxygens (including phenoxy) is 1. The summed E-state index contributed by atoms with van der Waals surface area (Å²) in [7, 11) is 0. The van der Waals surface area contributed by atoms with Gasteiger partial charge < -0.3 is 14.7 Å². The number of anilines is 1. The summed E-state index contributed by atoms with van der Waals surface area (Å²) >= 11 is 0. The molecule has 1 aromatic heterocycles. The number of rotatable bonds is 4. The van der Waals surface area contributed by atoms with Crippen LogP contribution in [0.2, 0.25) is 0 Å². The van der Waals surface area contributed by atoms with Gasteiger partial charge in [0.25, 0.3) is 0 Å². The second-order valence-electron chi connectivity index (χ2n) is 5.40. The Hall–Kier alpha value is -2.14. The Morgan fingerprint density at radius 3 is 2.59 bits per heavy atom. The second-order valence-corrected chi connectivity index (χ2v) is 5.40. The van der Waals surface area contributed by atoms with E-state index in [1.165, 1.54) is 0 Å². The predicted octanol–water partition coefficient (Wildman–Crippen LogP) is 2.76. The van der Waals surface area contributed by atoms with E-state index < -0.39 is 0 Å². The summed E-state index contributed by atoms with van der Waals surface area (Å²) in [6.45, 7) is 1.20. The van der Waals surface area contributed by atoms with Gasteiger partial charge in [0.1, 0.15) is 11.9 Å². The van der Waals surface area contributed by atoms with Gasteiger partial charge in [-0.05, 0) is 18.2 Å². The third-order valence-electron chi connectivity index (χ3n) is 3.96. The van der Waals surface area contributed by atoms with E-state index in [1.54, 1.807) is 30.6 Å². The third kappa shape index (κ3) is 3.20. The maximum absolute atomic E-state index is 14.3. The Balaban J connectivity index is 1.62. The van der Waals surface area contributed by atoms with Crippen molar-refractivity contribution in [1.82, 2.24) is 4.98 Å². The van der Waals surface area contributed by atoms with Crippen LogP contribution in [-0.2, 0) is 6.61 Å². The van der Waals surface area contributed by atoms with Crippen LogP contribution in [0.25, 0.3) is 0 Å². The van der Waals surface area contributed by atoms with E-state index in [9.17, 15) is 4.39 Å². The van der Waals surface area contributed by atoms with E-state index >= 15 is 0 Å². The lowest BCUT2D eigenvalue weighted by molar-refractivity contribution is 0.170. The van der Waals surface area contributed by atoms with Crippen molar-refractivity contribution < 1.29 is 14.2 Å². The number of nitrogens with zero attached hydrogens (tertiary/aromatic N) is 2. The molecule has 0 atom stereocenters. The Morgan fingerprint density at radius 1 is 1.18 bits per heavy atom. The first-order chi connectivity index (χ1) is 10.8. The molecular formula is C17H19FN2O2. The summed E-state index contributed by atoms with van der Waals surface area (Å²) < 4.78 is 20.2. The molecule has 116 valence electrons. The molecule has 3 rings (SSSR count). The molecule has 0 unspecified atom stereocenters. The summed E-state index contributed by atoms with van der Waals surface area (Å²) in [5.41, 5.74) is 0.904. The fourth-order valence-electron chi connectivity index (χ4n) is 2.76. The minimum absolute atomic E-state index is 0.141. The number of aliphatic hydroxyl groups excluding tert-OH is 1. The Kier molecular flexibility index (Phi) is 4.53. The molecule has 22 heavy (non-hydrogen) atoms. The topological polar surface area (TPSA) is 45.6 Å². The number of piperidine rings is 1. The zero-order chi connectivity index (χ0) is 15.4. The molecule has 0 radical (unpaired) electrons. The normalized spacial score (nSPS) is 15.8. The van der Waals surface area contributed by atoms with Gasteiger partial charge in [-0.3, -0.25) is 4.98 Å². The molecular weight excluding hydrogens is 283 g/mol. The van der Waals surface area contributed by atoms with E-state index in [0.29, 0.717) is 11.3 Å². The summed E-state index contributed by atoms with van der Waals surface area (Å²) in [5.74, 6) is 0.500. The molecule has 2 aromatic rings. The molecule has 1 aliphatic heterocycles. The standard InChI is InChI=1S/C17H19FN2O2/c18-17-13(12-21)2-1-3-16(17)20-10-6-15(7-11-20)22-14-4-8-19-9-5-14/h1-5,8-9,15,21H,6-7,10-12H2. The van der Waals surface area contributed by atoms with Crippen LogP contribution in [0, 0.1) is 5.82 Å². The molecule has 1 saturated heterocycles. The highest BCUT2D eigenvalue weighted by Gasteiger charge is 2.23. The van der Waals surface area contributed by atoms with Crippen molar-refractivity contribution in [2.75, 3.05) is 18.0 Å². The van der Waals surface area contributed by atoms with Crippen molar-refractivity contribution >= 4 is 5.69 Å². The molecule has 0 amide bonds. The fraction of sp³-hybridized carbons (Fsp3) is 0.353. The predicted molar refractivity (Wildman–Crippen MR) is 82.4 cm³/mol. The van der Waals surface area contributed by atoms with Crippen molar-refractivity contribution in [1.29, 1.82) is 0 Å². The molecule has 5 heteroatoms. The van der Waals surface area contributed by atoms with E-state index in [4.69, 9.17) is 9.84 Å². The number of aliphatic hydroxyl groups is 1. The number of hydrogen-bond donors (Lipinski definition) is 1. The smallest absolute Gasteiger partial charge is 0.151 e. The van der Waals surface area contributed by atoms with Gasteiger partial charge in [-0.15, -0.1) is 0 Å². The largest absolute Gasteiger partial charge is 0.490 e. The number of aromatic nitrogens is 1. The number of hydrogen-bond acceptors (Lipinski definition) is 4. The van der Waals surface area contributed by atoms with E-state index in [1.807, 2.05) is 17.0 Å². The van der Waals surface area contributed by atoms with Gasteiger partial charge in [0.15, 0.2) is 5.82 Å². The maximum atomic E-state index is 14.3. The fourth-order valence-corrected chi connectivity index (χ4v) is 2.76. The summed E-state index contributed by atoms with van der Waals surface area (Å²) in [4.78, 5) is 5.98. The number of halogens is 1. The molecule has 1 aromatic carbocycles. The highest BCUT2D eigenvalue weighted by Crippen LogP contribution is 2.27. The van der Waals surface area contributed by atoms with E-state index in [-0.39, 0.29) is 18.5 Å². The Bertz CT molecular complexity index is 613. The zero-order valence-electron chi connectivity index (χ0n) is 12.3. The number of pyridine rings is 1. The lowest BCUT2D eigenvalue weighted by Gasteiger charge is -2.34. The molecule has 0 bridgehead atoms. The van der Waals surface area contributed by atoms with Gasteiger partial charge in [-0.1, -0.05) is 12.1 Å². The van der Waals surface area contributed by atoms with Crippen molar-refractivity contribution in [2.45, 2.75) is 25.6 Å². The van der Waals surface area contributed by atoms with Crippen molar-refractivity contribution in [2.24, 2.45) is 0 Å². The van der Waals surface area contributed by atoms with Crippen LogP contribution in [-0.4, -0.2) is 29.3 Å². The molecule has 0 spiro atoms. The first-order valence-electron chi connectivity index (χ1n) is 7.48. The van der Waals surface area contributed by atoms with Gasteiger partial charge in [-0.25, -0.2) is 4.39 Å². The molecule has 1 fully saturated rings. The maximum Gasteiger partial charge on any atom is 0.151 e. The lowest BCUT2D eigenvalue weighted by Crippen LogP contribution is -2.38. The van der Waals surface area contributed by atoms with E-state index in [2.05, 4.69) is 4.98 Å². The lowest BCUT2D eigenvalue weighted by atomic mass is 10.1. The molecule has 1 N–H and O–H groups in total. The third-order valence-corrected chi connectivity index (χ3v) is 3.96. The zero-order valence-corrected chi connectivity index (χ0v) is 12.3. The second kappa shape index (κ2) is 6.75. The summed E-state index contributed by atoms with van der Waals surface area (Å²) in [6.07, 6.45) is 5.24. The van der Waals surface area contributed by atoms with Crippen molar-refractivity contribution in [3.8, 4) is 5.75 Å². The van der Waals surface area contributed by atoms with Crippen LogP contribution in [0.3, 0.4) is 0 Å². The quantitative estimate of drug-likeness (QED) is 0.943. The molecule has 4 nitrogen and oxygen atoms in total. The summed E-state index contributed by atoms with van der Waals surface area (Å²) in [6, 6.07) is 8.84. The van der Waals surface area contributed by atoms with Gasteiger partial charge in [0.05, 0.1) is 12.3 Å². The molecule has 1 aliphatic rings. The highest BCUT2D eigenvalue weighted by atomic mass is 19.1. The van der Waals surface area contributed by atoms with Crippen LogP contribution in [0.15, 0.2) is 42.7 Å².